The summed E-state index contributed by atoms with van der Waals surface area (Å²) in [6, 6.07) is 15.0. The van der Waals surface area contributed by atoms with Crippen molar-refractivity contribution in [2.45, 2.75) is 44.1 Å². The number of methoxy groups -OCH3 is 1. The molecule has 3 N–H and O–H groups in total. The number of rotatable bonds is 6. The second-order valence-corrected chi connectivity index (χ2v) is 8.16. The van der Waals surface area contributed by atoms with Crippen LogP contribution in [0.3, 0.4) is 0 Å². The number of benzene rings is 1. The second kappa shape index (κ2) is 9.50. The molecule has 3 atom stereocenters. The van der Waals surface area contributed by atoms with Gasteiger partial charge in [0.05, 0.1) is 42.4 Å². The number of nitrogens with zero attached hydrogens (tertiary/aromatic N) is 2. The molecule has 8 heteroatoms. The lowest BCUT2D eigenvalue weighted by molar-refractivity contribution is -0.0430. The molecule has 3 aromatic rings. The summed E-state index contributed by atoms with van der Waals surface area (Å²) in [6.07, 6.45) is 2.46. The van der Waals surface area contributed by atoms with Crippen molar-refractivity contribution in [3.63, 3.8) is 0 Å². The van der Waals surface area contributed by atoms with Crippen molar-refractivity contribution >= 4 is 17.1 Å². The highest BCUT2D eigenvalue weighted by molar-refractivity contribution is 5.79. The Labute approximate surface area is 187 Å². The molecule has 0 bridgehead atoms. The van der Waals surface area contributed by atoms with Gasteiger partial charge in [-0.05, 0) is 37.5 Å². The number of ether oxygens (including phenoxy) is 3. The quantitative estimate of drug-likeness (QED) is 0.610. The van der Waals surface area contributed by atoms with Crippen LogP contribution in [0, 0.1) is 0 Å². The zero-order chi connectivity index (χ0) is 22.6. The number of pyridine rings is 2. The molecule has 3 heterocycles. The zero-order valence-electron chi connectivity index (χ0n) is 18.3. The molecule has 1 amide bonds. The van der Waals surface area contributed by atoms with Crippen molar-refractivity contribution in [2.75, 3.05) is 13.7 Å². The summed E-state index contributed by atoms with van der Waals surface area (Å²) in [5.41, 5.74) is 9.23. The van der Waals surface area contributed by atoms with E-state index in [0.29, 0.717) is 24.4 Å². The maximum Gasteiger partial charge on any atom is 0.407 e. The van der Waals surface area contributed by atoms with Gasteiger partial charge in [-0.1, -0.05) is 30.3 Å². The van der Waals surface area contributed by atoms with E-state index in [1.165, 1.54) is 0 Å². The van der Waals surface area contributed by atoms with Crippen molar-refractivity contribution in [1.29, 1.82) is 0 Å². The molecule has 0 unspecified atom stereocenters. The number of hydrogen-bond acceptors (Lipinski definition) is 7. The van der Waals surface area contributed by atoms with Gasteiger partial charge in [0.1, 0.15) is 6.61 Å². The van der Waals surface area contributed by atoms with Crippen LogP contribution in [0.4, 0.5) is 4.79 Å². The van der Waals surface area contributed by atoms with Gasteiger partial charge < -0.3 is 25.3 Å². The third-order valence-corrected chi connectivity index (χ3v) is 5.83. The first kappa shape index (κ1) is 22.0. The summed E-state index contributed by atoms with van der Waals surface area (Å²) in [6.45, 7) is 2.53. The highest BCUT2D eigenvalue weighted by Gasteiger charge is 2.38. The Morgan fingerprint density at radius 2 is 2.03 bits per heavy atom. The number of fused-ring (bicyclic) bond motifs is 1. The summed E-state index contributed by atoms with van der Waals surface area (Å²) in [7, 11) is 1.58. The Balaban J connectivity index is 1.37. The molecule has 1 aromatic carbocycles. The minimum absolute atomic E-state index is 0.127. The van der Waals surface area contributed by atoms with Gasteiger partial charge in [0.25, 0.3) is 0 Å². The molecule has 0 spiro atoms. The molecule has 0 aliphatic carbocycles. The van der Waals surface area contributed by atoms with Crippen LogP contribution in [0.15, 0.2) is 54.7 Å². The average Bonchev–Trinajstić information content (AvgIpc) is 2.83. The number of carbonyl (C=O) groups excluding carboxylic acids is 1. The summed E-state index contributed by atoms with van der Waals surface area (Å²) in [5.74, 6) is 0.505. The van der Waals surface area contributed by atoms with Gasteiger partial charge in [-0.3, -0.25) is 4.98 Å². The van der Waals surface area contributed by atoms with Crippen molar-refractivity contribution < 1.29 is 19.0 Å². The summed E-state index contributed by atoms with van der Waals surface area (Å²) < 4.78 is 16.7. The van der Waals surface area contributed by atoms with Crippen LogP contribution in [0.25, 0.3) is 11.0 Å². The lowest BCUT2D eigenvalue weighted by Gasteiger charge is -2.39. The van der Waals surface area contributed by atoms with Crippen molar-refractivity contribution in [1.82, 2.24) is 15.3 Å². The summed E-state index contributed by atoms with van der Waals surface area (Å²) in [5, 5.41) is 2.88. The fourth-order valence-corrected chi connectivity index (χ4v) is 4.00. The smallest absolute Gasteiger partial charge is 0.407 e. The Bertz CT molecular complexity index is 1070. The van der Waals surface area contributed by atoms with E-state index in [0.717, 1.165) is 23.1 Å². The molecule has 1 saturated heterocycles. The molecule has 1 aliphatic rings. The summed E-state index contributed by atoms with van der Waals surface area (Å²) in [4.78, 5) is 21.1. The normalized spacial score (nSPS) is 20.3. The van der Waals surface area contributed by atoms with E-state index in [2.05, 4.69) is 15.3 Å². The Morgan fingerprint density at radius 1 is 1.22 bits per heavy atom. The monoisotopic (exact) mass is 436 g/mol. The van der Waals surface area contributed by atoms with Crippen molar-refractivity contribution in [3.05, 3.63) is 65.9 Å². The van der Waals surface area contributed by atoms with Gasteiger partial charge in [0, 0.05) is 17.8 Å². The summed E-state index contributed by atoms with van der Waals surface area (Å²) >= 11 is 0. The molecular weight excluding hydrogens is 408 g/mol. The van der Waals surface area contributed by atoms with Gasteiger partial charge in [0.2, 0.25) is 5.88 Å². The number of nitrogens with two attached hydrogens (primary N) is 1. The molecule has 0 saturated carbocycles. The lowest BCUT2D eigenvalue weighted by atomic mass is 9.83. The standard InChI is InChI=1S/C24H28N4O4/c1-24(25,18-12-13-26-19-9-11-21(30-2)28-22(18)19)20-10-8-17(15-31-20)27-23(29)32-14-16-6-4-3-5-7-16/h3-7,9,11-13,17,20H,8,10,14-15,25H2,1-2H3,(H,27,29)/t17-,20+,24+/m1/s1. The van der Waals surface area contributed by atoms with Crippen LogP contribution >= 0.6 is 0 Å². The van der Waals surface area contributed by atoms with Gasteiger partial charge >= 0.3 is 6.09 Å². The molecular formula is C24H28N4O4. The maximum atomic E-state index is 12.2. The molecule has 32 heavy (non-hydrogen) atoms. The molecule has 1 fully saturated rings. The Hall–Kier alpha value is -3.23. The Morgan fingerprint density at radius 3 is 2.75 bits per heavy atom. The topological polar surface area (TPSA) is 109 Å². The third-order valence-electron chi connectivity index (χ3n) is 5.83. The van der Waals surface area contributed by atoms with Crippen LogP contribution in [0.5, 0.6) is 5.88 Å². The lowest BCUT2D eigenvalue weighted by Crippen LogP contribution is -2.52. The first-order valence-corrected chi connectivity index (χ1v) is 10.7. The highest BCUT2D eigenvalue weighted by atomic mass is 16.5. The number of hydrogen-bond donors (Lipinski definition) is 2. The van der Waals surface area contributed by atoms with Gasteiger partial charge in [-0.25, -0.2) is 9.78 Å². The van der Waals surface area contributed by atoms with Crippen LogP contribution in [-0.2, 0) is 21.6 Å². The highest BCUT2D eigenvalue weighted by Crippen LogP contribution is 2.33. The number of nitrogens with one attached hydrogen (secondary N) is 1. The van der Waals surface area contributed by atoms with E-state index in [4.69, 9.17) is 19.9 Å². The van der Waals surface area contributed by atoms with E-state index in [1.807, 2.05) is 49.4 Å². The molecule has 168 valence electrons. The van der Waals surface area contributed by atoms with Crippen molar-refractivity contribution in [3.8, 4) is 5.88 Å². The van der Waals surface area contributed by atoms with Crippen LogP contribution in [-0.4, -0.2) is 41.9 Å². The van der Waals surface area contributed by atoms with Gasteiger partial charge in [-0.2, -0.15) is 0 Å². The number of alkyl carbamates (subject to hydrolysis) is 1. The van der Waals surface area contributed by atoms with Crippen LogP contribution in [0.1, 0.15) is 30.9 Å². The predicted molar refractivity (Wildman–Crippen MR) is 120 cm³/mol. The largest absolute Gasteiger partial charge is 0.481 e. The fraction of sp³-hybridized carbons (Fsp3) is 0.375. The van der Waals surface area contributed by atoms with E-state index < -0.39 is 11.6 Å². The minimum atomic E-state index is -0.792. The van der Waals surface area contributed by atoms with E-state index in [-0.39, 0.29) is 18.8 Å². The average molecular weight is 437 g/mol. The second-order valence-electron chi connectivity index (χ2n) is 8.16. The van der Waals surface area contributed by atoms with Crippen LogP contribution < -0.4 is 15.8 Å². The van der Waals surface area contributed by atoms with Gasteiger partial charge in [0.15, 0.2) is 0 Å². The molecule has 2 aromatic heterocycles. The number of aromatic nitrogens is 2. The first-order chi connectivity index (χ1) is 15.5. The first-order valence-electron chi connectivity index (χ1n) is 10.7. The van der Waals surface area contributed by atoms with Crippen molar-refractivity contribution in [2.24, 2.45) is 5.73 Å². The molecule has 0 radical (unpaired) electrons. The van der Waals surface area contributed by atoms with E-state index in [1.54, 1.807) is 19.4 Å². The maximum absolute atomic E-state index is 12.2. The number of carbonyl (C=O) groups is 1. The third kappa shape index (κ3) is 4.81. The fourth-order valence-electron chi connectivity index (χ4n) is 4.00. The molecule has 1 aliphatic heterocycles. The van der Waals surface area contributed by atoms with Crippen LogP contribution in [0.2, 0.25) is 0 Å². The zero-order valence-corrected chi connectivity index (χ0v) is 18.3. The Kier molecular flexibility index (Phi) is 6.53. The van der Waals surface area contributed by atoms with E-state index >= 15 is 0 Å². The SMILES string of the molecule is COc1ccc2nccc([C@](C)(N)[C@@H]3CC[C@@H](NC(=O)OCc4ccccc4)CO3)c2n1. The molecule has 8 nitrogen and oxygen atoms in total. The number of amides is 1. The predicted octanol–water partition coefficient (Wildman–Crippen LogP) is 3.29. The van der Waals surface area contributed by atoms with Gasteiger partial charge in [-0.15, -0.1) is 0 Å². The van der Waals surface area contributed by atoms with E-state index in [9.17, 15) is 4.79 Å². The molecule has 4 rings (SSSR count). The minimum Gasteiger partial charge on any atom is -0.481 e.